The van der Waals surface area contributed by atoms with Crippen LogP contribution in [0.1, 0.15) is 17.3 Å². The lowest BCUT2D eigenvalue weighted by atomic mass is 10.1. The lowest BCUT2D eigenvalue weighted by molar-refractivity contribution is -0.384. The van der Waals surface area contributed by atoms with Crippen LogP contribution in [0.3, 0.4) is 0 Å². The van der Waals surface area contributed by atoms with Crippen LogP contribution < -0.4 is 0 Å². The van der Waals surface area contributed by atoms with Crippen LogP contribution in [-0.2, 0) is 4.74 Å². The number of carbonyl (C=O) groups is 1. The molecular formula is C10H11NO4. The van der Waals surface area contributed by atoms with Gasteiger partial charge in [-0.05, 0) is 19.1 Å². The van der Waals surface area contributed by atoms with Crippen molar-refractivity contribution >= 4 is 11.5 Å². The molecule has 0 saturated carbocycles. The van der Waals surface area contributed by atoms with E-state index in [2.05, 4.69) is 0 Å². The van der Waals surface area contributed by atoms with Gasteiger partial charge in [-0.1, -0.05) is 0 Å². The highest BCUT2D eigenvalue weighted by molar-refractivity contribution is 5.97. The van der Waals surface area contributed by atoms with E-state index in [1.165, 1.54) is 24.3 Å². The van der Waals surface area contributed by atoms with Gasteiger partial charge in [0.1, 0.15) is 6.61 Å². The Kier molecular flexibility index (Phi) is 3.93. The number of rotatable bonds is 5. The van der Waals surface area contributed by atoms with E-state index < -0.39 is 4.92 Å². The third-order valence-corrected chi connectivity index (χ3v) is 1.84. The maximum Gasteiger partial charge on any atom is 0.269 e. The van der Waals surface area contributed by atoms with Gasteiger partial charge in [-0.3, -0.25) is 14.9 Å². The number of ether oxygens (including phenoxy) is 1. The average Bonchev–Trinajstić information content (AvgIpc) is 2.26. The third kappa shape index (κ3) is 3.14. The van der Waals surface area contributed by atoms with Gasteiger partial charge in [0.25, 0.3) is 5.69 Å². The van der Waals surface area contributed by atoms with Crippen molar-refractivity contribution < 1.29 is 14.5 Å². The van der Waals surface area contributed by atoms with Crippen molar-refractivity contribution in [3.8, 4) is 0 Å². The Morgan fingerprint density at radius 3 is 2.47 bits per heavy atom. The van der Waals surface area contributed by atoms with Gasteiger partial charge in [0.2, 0.25) is 0 Å². The number of benzene rings is 1. The van der Waals surface area contributed by atoms with E-state index >= 15 is 0 Å². The number of ketones is 1. The molecule has 15 heavy (non-hydrogen) atoms. The summed E-state index contributed by atoms with van der Waals surface area (Å²) < 4.78 is 4.94. The van der Waals surface area contributed by atoms with Crippen molar-refractivity contribution in [1.82, 2.24) is 0 Å². The number of hydrogen-bond donors (Lipinski definition) is 0. The first-order valence-corrected chi connectivity index (χ1v) is 4.50. The van der Waals surface area contributed by atoms with Gasteiger partial charge >= 0.3 is 0 Å². The second-order valence-electron chi connectivity index (χ2n) is 2.86. The summed E-state index contributed by atoms with van der Waals surface area (Å²) >= 11 is 0. The first-order valence-electron chi connectivity index (χ1n) is 4.50. The molecule has 1 aromatic rings. The zero-order valence-corrected chi connectivity index (χ0v) is 8.30. The predicted octanol–water partition coefficient (Wildman–Crippen LogP) is 1.81. The summed E-state index contributed by atoms with van der Waals surface area (Å²) in [6.07, 6.45) is 0. The molecule has 0 unspecified atom stereocenters. The predicted molar refractivity (Wildman–Crippen MR) is 53.9 cm³/mol. The van der Waals surface area contributed by atoms with E-state index in [9.17, 15) is 14.9 Å². The number of carbonyl (C=O) groups excluding carboxylic acids is 1. The summed E-state index contributed by atoms with van der Waals surface area (Å²) in [6, 6.07) is 5.47. The minimum Gasteiger partial charge on any atom is -0.374 e. The van der Waals surface area contributed by atoms with E-state index in [0.29, 0.717) is 12.2 Å². The molecule has 1 rings (SSSR count). The molecule has 0 fully saturated rings. The summed E-state index contributed by atoms with van der Waals surface area (Å²) in [5.41, 5.74) is 0.400. The Balaban J connectivity index is 2.71. The van der Waals surface area contributed by atoms with Crippen LogP contribution in [0.2, 0.25) is 0 Å². The van der Waals surface area contributed by atoms with Crippen molar-refractivity contribution in [2.75, 3.05) is 13.2 Å². The van der Waals surface area contributed by atoms with Gasteiger partial charge in [-0.15, -0.1) is 0 Å². The highest BCUT2D eigenvalue weighted by atomic mass is 16.6. The molecule has 0 amide bonds. The first kappa shape index (κ1) is 11.3. The number of nitro benzene ring substituents is 1. The SMILES string of the molecule is CCOCC(=O)c1ccc([N+](=O)[O-])cc1. The maximum absolute atomic E-state index is 11.4. The minimum absolute atomic E-state index is 0.00824. The van der Waals surface area contributed by atoms with Crippen molar-refractivity contribution in [1.29, 1.82) is 0 Å². The van der Waals surface area contributed by atoms with E-state index in [0.717, 1.165) is 0 Å². The Bertz CT molecular complexity index is 358. The second-order valence-corrected chi connectivity index (χ2v) is 2.86. The number of Topliss-reactive ketones (excluding diaryl/α,β-unsaturated/α-hetero) is 1. The van der Waals surface area contributed by atoms with Crippen molar-refractivity contribution in [2.45, 2.75) is 6.92 Å². The highest BCUT2D eigenvalue weighted by Crippen LogP contribution is 2.12. The molecule has 0 aliphatic heterocycles. The van der Waals surface area contributed by atoms with Gasteiger partial charge in [-0.2, -0.15) is 0 Å². The Hall–Kier alpha value is -1.75. The molecule has 0 aromatic heterocycles. The third-order valence-electron chi connectivity index (χ3n) is 1.84. The molecule has 0 atom stereocenters. The zero-order chi connectivity index (χ0) is 11.3. The van der Waals surface area contributed by atoms with E-state index in [4.69, 9.17) is 4.74 Å². The van der Waals surface area contributed by atoms with E-state index in [1.54, 1.807) is 6.92 Å². The van der Waals surface area contributed by atoms with Crippen LogP contribution in [0.15, 0.2) is 24.3 Å². The Labute approximate surface area is 86.8 Å². The van der Waals surface area contributed by atoms with Crippen LogP contribution in [0.5, 0.6) is 0 Å². The van der Waals surface area contributed by atoms with E-state index in [1.807, 2.05) is 0 Å². The van der Waals surface area contributed by atoms with Gasteiger partial charge in [-0.25, -0.2) is 0 Å². The van der Waals surface area contributed by atoms with Gasteiger partial charge in [0.05, 0.1) is 4.92 Å². The molecule has 0 spiro atoms. The average molecular weight is 209 g/mol. The molecule has 1 aromatic carbocycles. The lowest BCUT2D eigenvalue weighted by Gasteiger charge is -2.00. The quantitative estimate of drug-likeness (QED) is 0.421. The summed E-state index contributed by atoms with van der Waals surface area (Å²) in [7, 11) is 0. The van der Waals surface area contributed by atoms with Crippen LogP contribution in [-0.4, -0.2) is 23.9 Å². The van der Waals surface area contributed by atoms with Crippen molar-refractivity contribution in [2.24, 2.45) is 0 Å². The molecule has 0 aliphatic carbocycles. The molecule has 0 radical (unpaired) electrons. The molecule has 80 valence electrons. The van der Waals surface area contributed by atoms with Crippen molar-refractivity contribution in [3.63, 3.8) is 0 Å². The topological polar surface area (TPSA) is 69.4 Å². The fourth-order valence-corrected chi connectivity index (χ4v) is 1.05. The van der Waals surface area contributed by atoms with Gasteiger partial charge in [0, 0.05) is 24.3 Å². The van der Waals surface area contributed by atoms with Gasteiger partial charge in [0.15, 0.2) is 5.78 Å². The fourth-order valence-electron chi connectivity index (χ4n) is 1.05. The fraction of sp³-hybridized carbons (Fsp3) is 0.300. The van der Waals surface area contributed by atoms with Crippen LogP contribution in [0.4, 0.5) is 5.69 Å². The number of nitrogens with zero attached hydrogens (tertiary/aromatic N) is 1. The Morgan fingerprint density at radius 1 is 1.40 bits per heavy atom. The summed E-state index contributed by atoms with van der Waals surface area (Å²) in [4.78, 5) is 21.2. The molecule has 5 heteroatoms. The zero-order valence-electron chi connectivity index (χ0n) is 8.30. The smallest absolute Gasteiger partial charge is 0.269 e. The summed E-state index contributed by atoms with van der Waals surface area (Å²) in [5, 5.41) is 10.4. The summed E-state index contributed by atoms with van der Waals surface area (Å²) in [5.74, 6) is -0.174. The maximum atomic E-state index is 11.4. The molecule has 0 bridgehead atoms. The molecule has 0 saturated heterocycles. The standard InChI is InChI=1S/C10H11NO4/c1-2-15-7-10(12)8-3-5-9(6-4-8)11(13)14/h3-6H,2,7H2,1H3. The van der Waals surface area contributed by atoms with E-state index in [-0.39, 0.29) is 18.1 Å². The highest BCUT2D eigenvalue weighted by Gasteiger charge is 2.08. The monoisotopic (exact) mass is 209 g/mol. The Morgan fingerprint density at radius 2 is 2.00 bits per heavy atom. The molecular weight excluding hydrogens is 198 g/mol. The van der Waals surface area contributed by atoms with Crippen molar-refractivity contribution in [3.05, 3.63) is 39.9 Å². The normalized spacial score (nSPS) is 9.93. The van der Waals surface area contributed by atoms with Crippen LogP contribution in [0, 0.1) is 10.1 Å². The molecule has 5 nitrogen and oxygen atoms in total. The number of hydrogen-bond acceptors (Lipinski definition) is 4. The van der Waals surface area contributed by atoms with Crippen LogP contribution in [0.25, 0.3) is 0 Å². The molecule has 0 aliphatic rings. The number of non-ortho nitro benzene ring substituents is 1. The molecule has 0 heterocycles. The lowest BCUT2D eigenvalue weighted by Crippen LogP contribution is -2.08. The summed E-state index contributed by atoms with van der Waals surface area (Å²) in [6.45, 7) is 2.27. The van der Waals surface area contributed by atoms with Gasteiger partial charge < -0.3 is 4.74 Å². The second kappa shape index (κ2) is 5.21. The largest absolute Gasteiger partial charge is 0.374 e. The minimum atomic E-state index is -0.503. The first-order chi connectivity index (χ1) is 7.15. The van der Waals surface area contributed by atoms with Crippen LogP contribution >= 0.6 is 0 Å². The number of nitro groups is 1. The molecule has 0 N–H and O–H groups in total.